The molecule has 3 N–H and O–H groups in total. The van der Waals surface area contributed by atoms with Crippen molar-refractivity contribution in [1.29, 1.82) is 0 Å². The lowest BCUT2D eigenvalue weighted by Gasteiger charge is -2.39. The number of anilines is 1. The second kappa shape index (κ2) is 6.92. The van der Waals surface area contributed by atoms with Crippen LogP contribution >= 0.6 is 0 Å². The maximum absolute atomic E-state index is 9.04. The molecule has 1 aliphatic carbocycles. The summed E-state index contributed by atoms with van der Waals surface area (Å²) in [7, 11) is 0. The van der Waals surface area contributed by atoms with Crippen molar-refractivity contribution < 1.29 is 5.11 Å². The van der Waals surface area contributed by atoms with Gasteiger partial charge in [-0.1, -0.05) is 19.1 Å². The molecule has 1 fully saturated rings. The first-order chi connectivity index (χ1) is 9.26. The second-order valence-corrected chi connectivity index (χ2v) is 5.46. The molecule has 1 aliphatic rings. The molecule has 0 unspecified atom stereocenters. The Balaban J connectivity index is 2.07. The maximum Gasteiger partial charge on any atom is 0.0447 e. The Hall–Kier alpha value is -1.06. The number of aliphatic hydroxyl groups is 1. The van der Waals surface area contributed by atoms with Gasteiger partial charge in [-0.2, -0.15) is 0 Å². The van der Waals surface area contributed by atoms with Gasteiger partial charge in [-0.3, -0.25) is 0 Å². The van der Waals surface area contributed by atoms with Gasteiger partial charge in [0.2, 0.25) is 0 Å². The van der Waals surface area contributed by atoms with Crippen LogP contribution < -0.4 is 10.6 Å². The molecule has 0 heterocycles. The molecule has 1 saturated carbocycles. The third-order valence-corrected chi connectivity index (χ3v) is 4.17. The third kappa shape index (κ3) is 3.48. The van der Waals surface area contributed by atoms with Crippen LogP contribution in [0.25, 0.3) is 0 Å². The van der Waals surface area contributed by atoms with Crippen molar-refractivity contribution in [1.82, 2.24) is 0 Å². The molecule has 1 aromatic rings. The van der Waals surface area contributed by atoms with E-state index in [0.717, 1.165) is 19.4 Å². The first kappa shape index (κ1) is 14.4. The predicted octanol–water partition coefficient (Wildman–Crippen LogP) is 2.84. The van der Waals surface area contributed by atoms with Crippen LogP contribution in [0.5, 0.6) is 0 Å². The highest BCUT2D eigenvalue weighted by molar-refractivity contribution is 5.49. The fourth-order valence-corrected chi connectivity index (χ4v) is 2.61. The minimum absolute atomic E-state index is 0.142. The maximum atomic E-state index is 9.04. The van der Waals surface area contributed by atoms with Gasteiger partial charge < -0.3 is 15.7 Å². The summed E-state index contributed by atoms with van der Waals surface area (Å²) in [4.78, 5) is 2.45. The Labute approximate surface area is 116 Å². The highest BCUT2D eigenvalue weighted by Crippen LogP contribution is 2.30. The summed E-state index contributed by atoms with van der Waals surface area (Å²) in [5.41, 5.74) is 8.53. The molecule has 2 rings (SSSR count). The number of aliphatic hydroxyl groups excluding tert-OH is 1. The van der Waals surface area contributed by atoms with Crippen LogP contribution in [0.3, 0.4) is 0 Å². The zero-order valence-electron chi connectivity index (χ0n) is 11.9. The molecule has 3 heteroatoms. The summed E-state index contributed by atoms with van der Waals surface area (Å²) in [6.07, 6.45) is 5.70. The summed E-state index contributed by atoms with van der Waals surface area (Å²) < 4.78 is 0. The van der Waals surface area contributed by atoms with Crippen molar-refractivity contribution in [3.8, 4) is 0 Å². The number of nitrogens with two attached hydrogens (primary N) is 1. The lowest BCUT2D eigenvalue weighted by molar-refractivity contribution is 0.283. The molecule has 0 amide bonds. The topological polar surface area (TPSA) is 49.5 Å². The fourth-order valence-electron chi connectivity index (χ4n) is 2.61. The molecule has 0 bridgehead atoms. The Bertz CT molecular complexity index is 373. The zero-order chi connectivity index (χ0) is 13.7. The smallest absolute Gasteiger partial charge is 0.0447 e. The number of rotatable bonds is 7. The van der Waals surface area contributed by atoms with E-state index < -0.39 is 0 Å². The van der Waals surface area contributed by atoms with E-state index in [2.05, 4.69) is 36.1 Å². The number of benzene rings is 1. The van der Waals surface area contributed by atoms with Gasteiger partial charge in [0.1, 0.15) is 0 Å². The number of hydrogen-bond acceptors (Lipinski definition) is 3. The van der Waals surface area contributed by atoms with E-state index >= 15 is 0 Å². The largest absolute Gasteiger partial charge is 0.396 e. The van der Waals surface area contributed by atoms with Crippen LogP contribution in [0.2, 0.25) is 0 Å². The van der Waals surface area contributed by atoms with E-state index in [1.807, 2.05) is 0 Å². The molecule has 106 valence electrons. The molecular weight excluding hydrogens is 236 g/mol. The van der Waals surface area contributed by atoms with Gasteiger partial charge in [0.25, 0.3) is 0 Å². The Kier molecular flexibility index (Phi) is 5.23. The average Bonchev–Trinajstić information content (AvgIpc) is 2.40. The standard InChI is InChI=1S/C16H26N2O/c1-2-16(17)13-7-9-15(10-8-13)18(11-4-12-19)14-5-3-6-14/h7-10,14,16,19H,2-6,11-12,17H2,1H3/t16-/m0/s1. The van der Waals surface area contributed by atoms with Crippen LogP contribution in [-0.4, -0.2) is 24.3 Å². The zero-order valence-corrected chi connectivity index (χ0v) is 11.9. The van der Waals surface area contributed by atoms with Crippen molar-refractivity contribution in [2.75, 3.05) is 18.1 Å². The highest BCUT2D eigenvalue weighted by atomic mass is 16.3. The molecule has 1 aromatic carbocycles. The molecular formula is C16H26N2O. The van der Waals surface area contributed by atoms with Crippen LogP contribution in [0.1, 0.15) is 50.6 Å². The Morgan fingerprint density at radius 1 is 1.32 bits per heavy atom. The monoisotopic (exact) mass is 262 g/mol. The molecule has 0 radical (unpaired) electrons. The van der Waals surface area contributed by atoms with Gasteiger partial charge in [0.15, 0.2) is 0 Å². The van der Waals surface area contributed by atoms with Gasteiger partial charge >= 0.3 is 0 Å². The minimum Gasteiger partial charge on any atom is -0.396 e. The molecule has 0 saturated heterocycles. The van der Waals surface area contributed by atoms with Crippen molar-refractivity contribution in [3.63, 3.8) is 0 Å². The summed E-state index contributed by atoms with van der Waals surface area (Å²) in [5.74, 6) is 0. The van der Waals surface area contributed by atoms with Crippen LogP contribution in [0.4, 0.5) is 5.69 Å². The lowest BCUT2D eigenvalue weighted by atomic mass is 9.90. The number of nitrogens with zero attached hydrogens (tertiary/aromatic N) is 1. The van der Waals surface area contributed by atoms with E-state index in [1.165, 1.54) is 30.5 Å². The summed E-state index contributed by atoms with van der Waals surface area (Å²) in [6.45, 7) is 3.32. The summed E-state index contributed by atoms with van der Waals surface area (Å²) in [5, 5.41) is 9.04. The van der Waals surface area contributed by atoms with E-state index in [0.29, 0.717) is 6.04 Å². The quantitative estimate of drug-likeness (QED) is 0.794. The molecule has 3 nitrogen and oxygen atoms in total. The van der Waals surface area contributed by atoms with Crippen molar-refractivity contribution in [2.45, 2.75) is 51.1 Å². The number of hydrogen-bond donors (Lipinski definition) is 2. The molecule has 0 spiro atoms. The SMILES string of the molecule is CC[C@H](N)c1ccc(N(CCCO)C2CCC2)cc1. The predicted molar refractivity (Wildman–Crippen MR) is 80.3 cm³/mol. The lowest BCUT2D eigenvalue weighted by Crippen LogP contribution is -2.41. The Morgan fingerprint density at radius 2 is 2.00 bits per heavy atom. The van der Waals surface area contributed by atoms with Gasteiger partial charge in [-0.05, 0) is 49.8 Å². The van der Waals surface area contributed by atoms with Gasteiger partial charge in [-0.15, -0.1) is 0 Å². The van der Waals surface area contributed by atoms with Gasteiger partial charge in [0, 0.05) is 30.9 Å². The molecule has 1 atom stereocenters. The van der Waals surface area contributed by atoms with Gasteiger partial charge in [-0.25, -0.2) is 0 Å². The first-order valence-corrected chi connectivity index (χ1v) is 7.49. The van der Waals surface area contributed by atoms with Crippen molar-refractivity contribution >= 4 is 5.69 Å². The van der Waals surface area contributed by atoms with Crippen molar-refractivity contribution in [3.05, 3.63) is 29.8 Å². The van der Waals surface area contributed by atoms with E-state index in [1.54, 1.807) is 0 Å². The van der Waals surface area contributed by atoms with E-state index in [-0.39, 0.29) is 12.6 Å². The molecule has 19 heavy (non-hydrogen) atoms. The molecule has 0 aliphatic heterocycles. The first-order valence-electron chi connectivity index (χ1n) is 7.49. The van der Waals surface area contributed by atoms with Crippen LogP contribution in [0.15, 0.2) is 24.3 Å². The Morgan fingerprint density at radius 3 is 2.47 bits per heavy atom. The van der Waals surface area contributed by atoms with Crippen molar-refractivity contribution in [2.24, 2.45) is 5.73 Å². The second-order valence-electron chi connectivity index (χ2n) is 5.46. The fraction of sp³-hybridized carbons (Fsp3) is 0.625. The third-order valence-electron chi connectivity index (χ3n) is 4.17. The minimum atomic E-state index is 0.142. The molecule has 0 aromatic heterocycles. The van der Waals surface area contributed by atoms with E-state index in [4.69, 9.17) is 10.8 Å². The van der Waals surface area contributed by atoms with Crippen LogP contribution in [-0.2, 0) is 0 Å². The van der Waals surface area contributed by atoms with Gasteiger partial charge in [0.05, 0.1) is 0 Å². The summed E-state index contributed by atoms with van der Waals surface area (Å²) in [6, 6.07) is 9.46. The average molecular weight is 262 g/mol. The summed E-state index contributed by atoms with van der Waals surface area (Å²) >= 11 is 0. The normalized spacial score (nSPS) is 17.0. The van der Waals surface area contributed by atoms with Crippen LogP contribution in [0, 0.1) is 0 Å². The highest BCUT2D eigenvalue weighted by Gasteiger charge is 2.24. The van der Waals surface area contributed by atoms with E-state index in [9.17, 15) is 0 Å².